The standard InChI is InChI=1S/C19H17N5O3S.C19H19N5OS.C13H19N3O2.C10H10F3N3O.CH4O/c1-2-18-20-9-12-10-23(11-15(12)22-18)19(25)8-14-16(24(26)27)6-5-13(21-14)17-4-3-7-28-17;1-2-18-21-9-12-10-24(11-16(12)23-18)19(25)8-15-13(20)5-6-14(22-15)17-4-3-7-26-17;1-5-11-14-6-9-7-16(8-10(9)15-11)12(17)18-13(2,3)4;1-2-8-14-3-6-4-16(5-7(6)15-8)9(17)10(11,12)13;1-2/h3-7,9H,2,8,10-11H2,1H3;3-7,9H,2,8,10-11,20H2,1H3;6H,5,7-8H2,1-4H3;3H,2,4-5H2,1H3;2H,1H3. The molecule has 0 unspecified atom stereocenters. The predicted octanol–water partition coefficient (Wildman–Crippen LogP) is 9.33. The minimum absolute atomic E-state index is 0.00331. The molecule has 91 heavy (non-hydrogen) atoms. The zero-order chi connectivity index (χ0) is 65.7. The van der Waals surface area contributed by atoms with Gasteiger partial charge in [0.2, 0.25) is 11.8 Å². The van der Waals surface area contributed by atoms with E-state index in [4.69, 9.17) is 15.6 Å². The molecule has 0 spiro atoms. The number of nitro groups is 1. The molecule has 0 saturated carbocycles. The van der Waals surface area contributed by atoms with Gasteiger partial charge in [0, 0.05) is 106 Å². The first-order valence-electron chi connectivity index (χ1n) is 29.2. The number of carbonyl (C=O) groups excluding carboxylic acids is 4. The van der Waals surface area contributed by atoms with Crippen LogP contribution in [-0.4, -0.2) is 122 Å². The van der Waals surface area contributed by atoms with Crippen LogP contribution in [0.5, 0.6) is 0 Å². The van der Waals surface area contributed by atoms with Crippen molar-refractivity contribution in [2.45, 2.75) is 151 Å². The summed E-state index contributed by atoms with van der Waals surface area (Å²) < 4.78 is 42.1. The number of alkyl halides is 3. The van der Waals surface area contributed by atoms with Gasteiger partial charge in [0.1, 0.15) is 34.6 Å². The van der Waals surface area contributed by atoms with Crippen molar-refractivity contribution in [2.75, 3.05) is 12.8 Å². The van der Waals surface area contributed by atoms with E-state index in [0.29, 0.717) is 79.8 Å². The number of hydrogen-bond acceptors (Lipinski definition) is 21. The molecule has 24 nitrogen and oxygen atoms in total. The van der Waals surface area contributed by atoms with Gasteiger partial charge in [0.05, 0.1) is 106 Å². The van der Waals surface area contributed by atoms with E-state index in [1.54, 1.807) is 38.3 Å². The molecule has 3 N–H and O–H groups in total. The number of thiophene rings is 2. The SMILES string of the molecule is CCc1ncc2c(n1)CN(C(=O)C(F)(F)F)C2.CCc1ncc2c(n1)CN(C(=O)Cc1nc(-c3cccs3)ccc1N)C2.CCc1ncc2c(n1)CN(C(=O)Cc1nc(-c3cccs3)ccc1[N+](=O)[O-])C2.CCc1ncc2c(n1)CN(C(=O)OC(C)(C)C)C2.CO. The number of pyridine rings is 2. The second kappa shape index (κ2) is 30.0. The number of nitrogen functional groups attached to an aromatic ring is 1. The lowest BCUT2D eigenvalue weighted by molar-refractivity contribution is -0.385. The molecule has 4 aliphatic heterocycles. The summed E-state index contributed by atoms with van der Waals surface area (Å²) in [7, 11) is 1.00. The molecule has 12 rings (SSSR count). The second-order valence-corrected chi connectivity index (χ2v) is 23.8. The smallest absolute Gasteiger partial charge is 0.444 e. The third kappa shape index (κ3) is 17.3. The number of carbonyl (C=O) groups is 4. The van der Waals surface area contributed by atoms with Crippen molar-refractivity contribution < 1.29 is 47.1 Å². The molecule has 0 fully saturated rings. The van der Waals surface area contributed by atoms with Crippen LogP contribution in [0.1, 0.15) is 128 Å². The highest BCUT2D eigenvalue weighted by atomic mass is 32.1. The minimum Gasteiger partial charge on any atom is -0.444 e. The number of ether oxygens (including phenoxy) is 1. The van der Waals surface area contributed by atoms with Gasteiger partial charge in [-0.05, 0) is 61.9 Å². The van der Waals surface area contributed by atoms with Crippen LogP contribution in [0.3, 0.4) is 0 Å². The largest absolute Gasteiger partial charge is 0.471 e. The number of rotatable bonds is 11. The number of aliphatic hydroxyl groups excluding tert-OH is 1. The molecular formula is C62H69F3N16O8S2. The van der Waals surface area contributed by atoms with E-state index in [9.17, 15) is 42.5 Å². The third-order valence-electron chi connectivity index (χ3n) is 14.3. The van der Waals surface area contributed by atoms with Crippen molar-refractivity contribution in [3.05, 3.63) is 174 Å². The lowest BCUT2D eigenvalue weighted by Gasteiger charge is -2.23. The van der Waals surface area contributed by atoms with Gasteiger partial charge in [-0.2, -0.15) is 13.2 Å². The number of amides is 4. The first kappa shape index (κ1) is 67.6. The van der Waals surface area contributed by atoms with Crippen LogP contribution >= 0.6 is 22.7 Å². The maximum Gasteiger partial charge on any atom is 0.471 e. The summed E-state index contributed by atoms with van der Waals surface area (Å²) in [6.07, 6.45) is 4.76. The highest BCUT2D eigenvalue weighted by Gasteiger charge is 2.44. The number of aliphatic hydroxyl groups is 1. The van der Waals surface area contributed by atoms with Crippen LogP contribution in [0, 0.1) is 10.1 Å². The second-order valence-electron chi connectivity index (χ2n) is 21.9. The van der Waals surface area contributed by atoms with Gasteiger partial charge in [-0.25, -0.2) is 54.6 Å². The van der Waals surface area contributed by atoms with Crippen molar-refractivity contribution in [1.82, 2.24) is 69.4 Å². The molecule has 0 saturated heterocycles. The highest BCUT2D eigenvalue weighted by Crippen LogP contribution is 2.31. The molecule has 0 bridgehead atoms. The summed E-state index contributed by atoms with van der Waals surface area (Å²) >= 11 is 3.11. The summed E-state index contributed by atoms with van der Waals surface area (Å²) in [5.74, 6) is 0.915. The normalized spacial score (nSPS) is 13.4. The minimum atomic E-state index is -4.83. The van der Waals surface area contributed by atoms with E-state index in [1.165, 1.54) is 23.6 Å². The molecular weight excluding hydrogens is 1220 g/mol. The molecule has 0 radical (unpaired) electrons. The van der Waals surface area contributed by atoms with Crippen LogP contribution in [-0.2, 0) is 110 Å². The Labute approximate surface area is 531 Å². The zero-order valence-electron chi connectivity index (χ0n) is 51.5. The van der Waals surface area contributed by atoms with E-state index in [1.807, 2.05) is 108 Å². The van der Waals surface area contributed by atoms with Crippen LogP contribution < -0.4 is 5.73 Å². The Bertz CT molecular complexity index is 3910. The Morgan fingerprint density at radius 3 is 1.32 bits per heavy atom. The van der Waals surface area contributed by atoms with Gasteiger partial charge in [-0.15, -0.1) is 22.7 Å². The van der Waals surface area contributed by atoms with Crippen LogP contribution in [0.15, 0.2) is 84.1 Å². The van der Waals surface area contributed by atoms with E-state index in [2.05, 4.69) is 49.8 Å². The Morgan fingerprint density at radius 2 is 0.934 bits per heavy atom. The number of aromatic nitrogens is 10. The molecule has 0 aromatic carbocycles. The lowest BCUT2D eigenvalue weighted by Crippen LogP contribution is -2.37. The molecule has 478 valence electrons. The number of aryl methyl sites for hydroxylation is 4. The Balaban J connectivity index is 0.000000158. The Kier molecular flexibility index (Phi) is 22.3. The molecule has 8 aromatic heterocycles. The van der Waals surface area contributed by atoms with Gasteiger partial charge < -0.3 is 30.3 Å². The van der Waals surface area contributed by atoms with Gasteiger partial charge in [0.15, 0.2) is 0 Å². The van der Waals surface area contributed by atoms with E-state index < -0.39 is 22.6 Å². The quantitative estimate of drug-likeness (QED) is 0.0899. The van der Waals surface area contributed by atoms with E-state index in [0.717, 1.165) is 98.0 Å². The van der Waals surface area contributed by atoms with Crippen molar-refractivity contribution >= 4 is 57.9 Å². The van der Waals surface area contributed by atoms with Gasteiger partial charge in [0.25, 0.3) is 5.69 Å². The van der Waals surface area contributed by atoms with Gasteiger partial charge in [-0.3, -0.25) is 29.4 Å². The maximum atomic E-state index is 12.8. The summed E-state index contributed by atoms with van der Waals surface area (Å²) in [4.78, 5) is 111. The Hall–Kier alpha value is -9.35. The Morgan fingerprint density at radius 1 is 0.560 bits per heavy atom. The number of nitrogens with zero attached hydrogens (tertiary/aromatic N) is 15. The van der Waals surface area contributed by atoms with Gasteiger partial charge in [-0.1, -0.05) is 39.8 Å². The highest BCUT2D eigenvalue weighted by molar-refractivity contribution is 7.13. The summed E-state index contributed by atoms with van der Waals surface area (Å²) in [5.41, 5.74) is 15.0. The van der Waals surface area contributed by atoms with E-state index >= 15 is 0 Å². The van der Waals surface area contributed by atoms with Crippen LogP contribution in [0.2, 0.25) is 0 Å². The third-order valence-corrected chi connectivity index (χ3v) is 16.1. The number of nitrogens with two attached hydrogens (primary N) is 1. The predicted molar refractivity (Wildman–Crippen MR) is 332 cm³/mol. The molecule has 8 aromatic rings. The van der Waals surface area contributed by atoms with Crippen molar-refractivity contribution in [1.29, 1.82) is 0 Å². The monoisotopic (exact) mass is 1290 g/mol. The number of hydrogen-bond donors (Lipinski definition) is 2. The van der Waals surface area contributed by atoms with Crippen molar-refractivity contribution in [3.63, 3.8) is 0 Å². The fourth-order valence-corrected chi connectivity index (χ4v) is 11.1. The molecule has 12 heterocycles. The van der Waals surface area contributed by atoms with E-state index in [-0.39, 0.29) is 55.2 Å². The first-order valence-corrected chi connectivity index (χ1v) is 30.9. The topological polar surface area (TPSA) is 309 Å². The molecule has 29 heteroatoms. The number of anilines is 1. The zero-order valence-corrected chi connectivity index (χ0v) is 53.2. The first-order chi connectivity index (χ1) is 43.5. The van der Waals surface area contributed by atoms with Crippen molar-refractivity contribution in [2.24, 2.45) is 0 Å². The fraction of sp³-hybridized carbons (Fsp3) is 0.387. The summed E-state index contributed by atoms with van der Waals surface area (Å²) in [6, 6.07) is 14.5. The average molecular weight is 1290 g/mol. The number of halogens is 3. The summed E-state index contributed by atoms with van der Waals surface area (Å²) in [5, 5.41) is 22.3. The van der Waals surface area contributed by atoms with Gasteiger partial charge >= 0.3 is 18.2 Å². The summed E-state index contributed by atoms with van der Waals surface area (Å²) in [6.45, 7) is 16.2. The van der Waals surface area contributed by atoms with Crippen LogP contribution in [0.25, 0.3) is 21.1 Å². The fourth-order valence-electron chi connectivity index (χ4n) is 9.67. The molecule has 0 atom stereocenters. The van der Waals surface area contributed by atoms with Crippen LogP contribution in [0.4, 0.5) is 29.3 Å². The lowest BCUT2D eigenvalue weighted by atomic mass is 10.2. The molecule has 0 aliphatic carbocycles. The van der Waals surface area contributed by atoms with Crippen molar-refractivity contribution in [3.8, 4) is 21.1 Å². The molecule has 4 amide bonds. The average Bonchev–Trinajstić information content (AvgIpc) is 1.80. The molecule has 4 aliphatic rings. The number of fused-ring (bicyclic) bond motifs is 4. The maximum absolute atomic E-state index is 12.8.